The van der Waals surface area contributed by atoms with E-state index in [-0.39, 0.29) is 6.04 Å². The highest BCUT2D eigenvalue weighted by Crippen LogP contribution is 2.18. The van der Waals surface area contributed by atoms with Crippen molar-refractivity contribution in [3.63, 3.8) is 0 Å². The van der Waals surface area contributed by atoms with Crippen LogP contribution in [-0.2, 0) is 0 Å². The Hall–Kier alpha value is -0.580. The van der Waals surface area contributed by atoms with Crippen LogP contribution in [0, 0.1) is 0 Å². The van der Waals surface area contributed by atoms with Crippen molar-refractivity contribution in [3.05, 3.63) is 23.9 Å². The number of aromatic nitrogens is 1. The lowest BCUT2D eigenvalue weighted by atomic mass is 10.1. The first-order valence-corrected chi connectivity index (χ1v) is 7.22. The Bertz CT molecular complexity index is 324. The molecule has 0 unspecified atom stereocenters. The molecule has 0 fully saturated rings. The van der Waals surface area contributed by atoms with E-state index in [1.807, 2.05) is 19.2 Å². The molecule has 1 aromatic heterocycles. The summed E-state index contributed by atoms with van der Waals surface area (Å²) in [4.78, 5) is 6.78. The highest BCUT2D eigenvalue weighted by atomic mass is 32.2. The summed E-state index contributed by atoms with van der Waals surface area (Å²) in [6.45, 7) is 9.74. The van der Waals surface area contributed by atoms with Crippen molar-refractivity contribution in [2.75, 3.05) is 25.4 Å². The van der Waals surface area contributed by atoms with E-state index in [1.165, 1.54) is 0 Å². The van der Waals surface area contributed by atoms with Crippen molar-refractivity contribution in [2.45, 2.75) is 31.8 Å². The van der Waals surface area contributed by atoms with Crippen LogP contribution in [0.2, 0.25) is 0 Å². The summed E-state index contributed by atoms with van der Waals surface area (Å²) in [5.74, 6) is 1.08. The molecule has 0 amide bonds. The number of nitrogens with zero attached hydrogens (tertiary/aromatic N) is 2. The fraction of sp³-hybridized carbons (Fsp3) is 0.615. The lowest BCUT2D eigenvalue weighted by Gasteiger charge is -2.17. The maximum atomic E-state index is 5.86. The number of thioether (sulfide) groups is 1. The summed E-state index contributed by atoms with van der Waals surface area (Å²) < 4.78 is 0. The Morgan fingerprint density at radius 2 is 2.12 bits per heavy atom. The zero-order chi connectivity index (χ0) is 12.7. The highest BCUT2D eigenvalue weighted by Gasteiger charge is 2.03. The van der Waals surface area contributed by atoms with Gasteiger partial charge in [-0.25, -0.2) is 4.98 Å². The first-order chi connectivity index (χ1) is 8.17. The van der Waals surface area contributed by atoms with E-state index in [4.69, 9.17) is 5.73 Å². The van der Waals surface area contributed by atoms with Crippen LogP contribution < -0.4 is 5.73 Å². The van der Waals surface area contributed by atoms with Crippen LogP contribution in [0.4, 0.5) is 0 Å². The molecule has 1 aromatic rings. The van der Waals surface area contributed by atoms with E-state index in [0.717, 1.165) is 36.0 Å². The van der Waals surface area contributed by atoms with E-state index in [0.29, 0.717) is 0 Å². The molecule has 0 aliphatic carbocycles. The van der Waals surface area contributed by atoms with Gasteiger partial charge in [-0.15, -0.1) is 11.8 Å². The molecule has 0 aliphatic rings. The molecule has 0 radical (unpaired) electrons. The summed E-state index contributed by atoms with van der Waals surface area (Å²) in [5, 5.41) is 1.08. The van der Waals surface area contributed by atoms with E-state index in [9.17, 15) is 0 Å². The summed E-state index contributed by atoms with van der Waals surface area (Å²) in [6.07, 6.45) is 1.85. The normalized spacial score (nSPS) is 13.0. The second-order valence-electron chi connectivity index (χ2n) is 4.09. The Labute approximate surface area is 109 Å². The van der Waals surface area contributed by atoms with Crippen LogP contribution in [0.15, 0.2) is 23.4 Å². The second kappa shape index (κ2) is 7.69. The van der Waals surface area contributed by atoms with Gasteiger partial charge in [0, 0.05) is 24.5 Å². The Kier molecular flexibility index (Phi) is 6.55. The van der Waals surface area contributed by atoms with Crippen LogP contribution in [0.5, 0.6) is 0 Å². The minimum absolute atomic E-state index is 0.0835. The van der Waals surface area contributed by atoms with Crippen LogP contribution in [0.3, 0.4) is 0 Å². The van der Waals surface area contributed by atoms with Crippen molar-refractivity contribution < 1.29 is 0 Å². The molecule has 0 aromatic carbocycles. The molecule has 0 spiro atoms. The zero-order valence-corrected chi connectivity index (χ0v) is 11.8. The second-order valence-corrected chi connectivity index (χ2v) is 5.21. The molecule has 0 aliphatic heterocycles. The SMILES string of the molecule is CCN(CC)CCSc1cc([C@@H](C)N)ccn1. The number of hydrogen-bond donors (Lipinski definition) is 1. The molecule has 0 saturated carbocycles. The topological polar surface area (TPSA) is 42.1 Å². The van der Waals surface area contributed by atoms with Gasteiger partial charge in [-0.2, -0.15) is 0 Å². The molecule has 17 heavy (non-hydrogen) atoms. The van der Waals surface area contributed by atoms with Crippen LogP contribution >= 0.6 is 11.8 Å². The minimum atomic E-state index is 0.0835. The van der Waals surface area contributed by atoms with Crippen molar-refractivity contribution in [2.24, 2.45) is 5.73 Å². The maximum absolute atomic E-state index is 5.86. The van der Waals surface area contributed by atoms with Crippen LogP contribution in [0.1, 0.15) is 32.4 Å². The van der Waals surface area contributed by atoms with Crippen LogP contribution in [0.25, 0.3) is 0 Å². The molecule has 96 valence electrons. The van der Waals surface area contributed by atoms with E-state index in [2.05, 4.69) is 29.8 Å². The molecule has 1 heterocycles. The van der Waals surface area contributed by atoms with Gasteiger partial charge in [-0.3, -0.25) is 0 Å². The molecule has 1 rings (SSSR count). The van der Waals surface area contributed by atoms with E-state index in [1.54, 1.807) is 11.8 Å². The Balaban J connectivity index is 2.43. The lowest BCUT2D eigenvalue weighted by molar-refractivity contribution is 0.324. The molecule has 3 nitrogen and oxygen atoms in total. The van der Waals surface area contributed by atoms with Gasteiger partial charge in [0.1, 0.15) is 0 Å². The molecular weight excluding hydrogens is 230 g/mol. The van der Waals surface area contributed by atoms with E-state index >= 15 is 0 Å². The van der Waals surface area contributed by atoms with Gasteiger partial charge in [0.25, 0.3) is 0 Å². The van der Waals surface area contributed by atoms with Crippen molar-refractivity contribution >= 4 is 11.8 Å². The summed E-state index contributed by atoms with van der Waals surface area (Å²) in [6, 6.07) is 4.16. The molecule has 1 atom stereocenters. The van der Waals surface area contributed by atoms with Crippen molar-refractivity contribution in [3.8, 4) is 0 Å². The van der Waals surface area contributed by atoms with Gasteiger partial charge >= 0.3 is 0 Å². The molecule has 0 bridgehead atoms. The third kappa shape index (κ3) is 5.06. The van der Waals surface area contributed by atoms with Crippen molar-refractivity contribution in [1.82, 2.24) is 9.88 Å². The predicted molar refractivity (Wildman–Crippen MR) is 75.4 cm³/mol. The average Bonchev–Trinajstić information content (AvgIpc) is 2.35. The lowest BCUT2D eigenvalue weighted by Crippen LogP contribution is -2.25. The third-order valence-electron chi connectivity index (χ3n) is 2.84. The smallest absolute Gasteiger partial charge is 0.0963 e. The maximum Gasteiger partial charge on any atom is 0.0963 e. The number of nitrogens with two attached hydrogens (primary N) is 1. The Morgan fingerprint density at radius 3 is 2.71 bits per heavy atom. The van der Waals surface area contributed by atoms with Gasteiger partial charge in [0.05, 0.1) is 5.03 Å². The number of hydrogen-bond acceptors (Lipinski definition) is 4. The molecular formula is C13H23N3S. The van der Waals surface area contributed by atoms with Crippen LogP contribution in [-0.4, -0.2) is 35.3 Å². The summed E-state index contributed by atoms with van der Waals surface area (Å²) in [5.41, 5.74) is 7.01. The number of rotatable bonds is 7. The summed E-state index contributed by atoms with van der Waals surface area (Å²) >= 11 is 1.80. The standard InChI is InChI=1S/C13H23N3S/c1-4-16(5-2)8-9-17-13-10-12(11(3)14)6-7-15-13/h6-7,10-11H,4-5,8-9,14H2,1-3H3/t11-/m1/s1. The number of pyridine rings is 1. The summed E-state index contributed by atoms with van der Waals surface area (Å²) in [7, 11) is 0. The fourth-order valence-corrected chi connectivity index (χ4v) is 2.52. The van der Waals surface area contributed by atoms with Gasteiger partial charge < -0.3 is 10.6 Å². The first kappa shape index (κ1) is 14.5. The Morgan fingerprint density at radius 1 is 1.41 bits per heavy atom. The third-order valence-corrected chi connectivity index (χ3v) is 3.74. The monoisotopic (exact) mass is 253 g/mol. The molecule has 4 heteroatoms. The minimum Gasteiger partial charge on any atom is -0.324 e. The van der Waals surface area contributed by atoms with Crippen molar-refractivity contribution in [1.29, 1.82) is 0 Å². The average molecular weight is 253 g/mol. The zero-order valence-electron chi connectivity index (χ0n) is 11.0. The van der Waals surface area contributed by atoms with Gasteiger partial charge in [0.2, 0.25) is 0 Å². The van der Waals surface area contributed by atoms with Gasteiger partial charge in [0.15, 0.2) is 0 Å². The van der Waals surface area contributed by atoms with Gasteiger partial charge in [-0.05, 0) is 37.7 Å². The largest absolute Gasteiger partial charge is 0.324 e. The molecule has 0 saturated heterocycles. The predicted octanol–water partition coefficient (Wildman–Crippen LogP) is 2.54. The molecule has 2 N–H and O–H groups in total. The highest BCUT2D eigenvalue weighted by molar-refractivity contribution is 7.99. The fourth-order valence-electron chi connectivity index (χ4n) is 1.61. The van der Waals surface area contributed by atoms with E-state index < -0.39 is 0 Å². The quantitative estimate of drug-likeness (QED) is 0.758. The first-order valence-electron chi connectivity index (χ1n) is 6.24. The van der Waals surface area contributed by atoms with Gasteiger partial charge in [-0.1, -0.05) is 13.8 Å².